The van der Waals surface area contributed by atoms with Crippen LogP contribution in [0.2, 0.25) is 0 Å². The molecule has 4 nitrogen and oxygen atoms in total. The Hall–Kier alpha value is -0.610. The molecular formula is C16H31N3O. The summed E-state index contributed by atoms with van der Waals surface area (Å²) >= 11 is 0. The first-order chi connectivity index (χ1) is 9.70. The smallest absolute Gasteiger partial charge is 0.237 e. The topological polar surface area (TPSA) is 44.4 Å². The first-order valence-corrected chi connectivity index (χ1v) is 8.48. The van der Waals surface area contributed by atoms with E-state index in [9.17, 15) is 4.79 Å². The molecule has 2 fully saturated rings. The molecule has 0 aromatic carbocycles. The zero-order valence-corrected chi connectivity index (χ0v) is 13.2. The Balaban J connectivity index is 1.83. The highest BCUT2D eigenvalue weighted by atomic mass is 16.2. The van der Waals surface area contributed by atoms with Crippen molar-refractivity contribution in [1.29, 1.82) is 0 Å². The number of amides is 1. The SMILES string of the molecule is CCCN(CC1CCCN1)C(C)C(=O)NC1CCCC1. The predicted molar refractivity (Wildman–Crippen MR) is 82.7 cm³/mol. The van der Waals surface area contributed by atoms with Crippen LogP contribution in [0.5, 0.6) is 0 Å². The van der Waals surface area contributed by atoms with Crippen LogP contribution in [0.15, 0.2) is 0 Å². The Labute approximate surface area is 123 Å². The molecule has 2 rings (SSSR count). The van der Waals surface area contributed by atoms with Gasteiger partial charge in [-0.15, -0.1) is 0 Å². The highest BCUT2D eigenvalue weighted by Crippen LogP contribution is 2.18. The fourth-order valence-corrected chi connectivity index (χ4v) is 3.48. The van der Waals surface area contributed by atoms with Gasteiger partial charge in [-0.3, -0.25) is 9.69 Å². The molecule has 0 bridgehead atoms. The van der Waals surface area contributed by atoms with Crippen molar-refractivity contribution < 1.29 is 4.79 Å². The van der Waals surface area contributed by atoms with Gasteiger partial charge in [0, 0.05) is 18.6 Å². The first kappa shape index (κ1) is 15.8. The average molecular weight is 281 g/mol. The van der Waals surface area contributed by atoms with Gasteiger partial charge in [-0.25, -0.2) is 0 Å². The minimum Gasteiger partial charge on any atom is -0.352 e. The zero-order valence-electron chi connectivity index (χ0n) is 13.2. The normalized spacial score (nSPS) is 25.2. The van der Waals surface area contributed by atoms with Gasteiger partial charge in [-0.1, -0.05) is 19.8 Å². The van der Waals surface area contributed by atoms with Crippen LogP contribution in [0.25, 0.3) is 0 Å². The fraction of sp³-hybridized carbons (Fsp3) is 0.938. The van der Waals surface area contributed by atoms with E-state index in [1.807, 2.05) is 0 Å². The van der Waals surface area contributed by atoms with Gasteiger partial charge in [0.2, 0.25) is 5.91 Å². The number of nitrogens with one attached hydrogen (secondary N) is 2. The van der Waals surface area contributed by atoms with Gasteiger partial charge in [0.15, 0.2) is 0 Å². The third-order valence-electron chi connectivity index (χ3n) is 4.76. The Morgan fingerprint density at radius 1 is 1.30 bits per heavy atom. The lowest BCUT2D eigenvalue weighted by atomic mass is 10.1. The van der Waals surface area contributed by atoms with Crippen LogP contribution in [0.1, 0.15) is 58.8 Å². The van der Waals surface area contributed by atoms with Gasteiger partial charge < -0.3 is 10.6 Å². The Morgan fingerprint density at radius 2 is 2.05 bits per heavy atom. The van der Waals surface area contributed by atoms with Crippen LogP contribution in [-0.4, -0.2) is 48.6 Å². The maximum Gasteiger partial charge on any atom is 0.237 e. The average Bonchev–Trinajstić information content (AvgIpc) is 3.10. The lowest BCUT2D eigenvalue weighted by molar-refractivity contribution is -0.126. The van der Waals surface area contributed by atoms with E-state index < -0.39 is 0 Å². The van der Waals surface area contributed by atoms with Crippen LogP contribution >= 0.6 is 0 Å². The minimum absolute atomic E-state index is 0.00190. The van der Waals surface area contributed by atoms with E-state index in [1.54, 1.807) is 0 Å². The summed E-state index contributed by atoms with van der Waals surface area (Å²) < 4.78 is 0. The summed E-state index contributed by atoms with van der Waals surface area (Å²) in [5, 5.41) is 6.78. The highest BCUT2D eigenvalue weighted by Gasteiger charge is 2.27. The third-order valence-corrected chi connectivity index (χ3v) is 4.76. The molecule has 1 aliphatic heterocycles. The molecule has 0 aromatic heterocycles. The van der Waals surface area contributed by atoms with Crippen LogP contribution in [0.4, 0.5) is 0 Å². The summed E-state index contributed by atoms with van der Waals surface area (Å²) in [6.45, 7) is 7.41. The van der Waals surface area contributed by atoms with Crippen molar-refractivity contribution >= 4 is 5.91 Å². The summed E-state index contributed by atoms with van der Waals surface area (Å²) in [4.78, 5) is 14.8. The van der Waals surface area contributed by atoms with Gasteiger partial charge in [-0.2, -0.15) is 0 Å². The second-order valence-electron chi connectivity index (χ2n) is 6.45. The predicted octanol–water partition coefficient (Wildman–Crippen LogP) is 1.90. The summed E-state index contributed by atoms with van der Waals surface area (Å²) in [5.74, 6) is 0.225. The number of carbonyl (C=O) groups is 1. The molecule has 2 atom stereocenters. The largest absolute Gasteiger partial charge is 0.352 e. The molecule has 2 N–H and O–H groups in total. The molecule has 0 spiro atoms. The van der Waals surface area contributed by atoms with E-state index in [1.165, 1.54) is 25.7 Å². The molecule has 1 saturated carbocycles. The van der Waals surface area contributed by atoms with Gasteiger partial charge in [-0.05, 0) is 52.1 Å². The summed E-state index contributed by atoms with van der Waals surface area (Å²) in [6, 6.07) is 0.999. The number of rotatable bonds is 7. The van der Waals surface area contributed by atoms with Crippen LogP contribution < -0.4 is 10.6 Å². The standard InChI is InChI=1S/C16H31N3O/c1-3-11-19(12-15-9-6-10-17-15)13(2)16(20)18-14-7-4-5-8-14/h13-15,17H,3-12H2,1-2H3,(H,18,20). The highest BCUT2D eigenvalue weighted by molar-refractivity contribution is 5.81. The Bertz CT molecular complexity index is 296. The molecule has 1 aliphatic carbocycles. The molecule has 4 heteroatoms. The quantitative estimate of drug-likeness (QED) is 0.749. The van der Waals surface area contributed by atoms with E-state index >= 15 is 0 Å². The minimum atomic E-state index is -0.00190. The Kier molecular flexibility index (Phi) is 6.30. The zero-order chi connectivity index (χ0) is 14.4. The van der Waals surface area contributed by atoms with E-state index in [2.05, 4.69) is 29.4 Å². The summed E-state index contributed by atoms with van der Waals surface area (Å²) in [5.41, 5.74) is 0. The van der Waals surface area contributed by atoms with Crippen molar-refractivity contribution in [3.63, 3.8) is 0 Å². The molecule has 0 aromatic rings. The van der Waals surface area contributed by atoms with Gasteiger partial charge in [0.1, 0.15) is 0 Å². The molecule has 2 unspecified atom stereocenters. The van der Waals surface area contributed by atoms with E-state index in [0.29, 0.717) is 12.1 Å². The molecule has 1 amide bonds. The summed E-state index contributed by atoms with van der Waals surface area (Å²) in [7, 11) is 0. The number of carbonyl (C=O) groups excluding carboxylic acids is 1. The Morgan fingerprint density at radius 3 is 2.65 bits per heavy atom. The first-order valence-electron chi connectivity index (χ1n) is 8.48. The third kappa shape index (κ3) is 4.45. The lowest BCUT2D eigenvalue weighted by Crippen LogP contribution is -2.51. The van der Waals surface area contributed by atoms with Crippen molar-refractivity contribution in [2.24, 2.45) is 0 Å². The van der Waals surface area contributed by atoms with Crippen molar-refractivity contribution in [1.82, 2.24) is 15.5 Å². The molecule has 0 radical (unpaired) electrons. The van der Waals surface area contributed by atoms with Gasteiger partial charge >= 0.3 is 0 Å². The molecule has 1 saturated heterocycles. The number of nitrogens with zero attached hydrogens (tertiary/aromatic N) is 1. The monoisotopic (exact) mass is 281 g/mol. The van der Waals surface area contributed by atoms with E-state index in [-0.39, 0.29) is 11.9 Å². The maximum atomic E-state index is 12.4. The van der Waals surface area contributed by atoms with Crippen LogP contribution in [0, 0.1) is 0 Å². The second-order valence-corrected chi connectivity index (χ2v) is 6.45. The maximum absolute atomic E-state index is 12.4. The molecule has 2 aliphatic rings. The molecule has 20 heavy (non-hydrogen) atoms. The number of hydrogen-bond acceptors (Lipinski definition) is 3. The van der Waals surface area contributed by atoms with Gasteiger partial charge in [0.05, 0.1) is 6.04 Å². The van der Waals surface area contributed by atoms with Crippen molar-refractivity contribution in [3.8, 4) is 0 Å². The van der Waals surface area contributed by atoms with E-state index in [0.717, 1.165) is 38.9 Å². The lowest BCUT2D eigenvalue weighted by Gasteiger charge is -2.31. The van der Waals surface area contributed by atoms with Crippen molar-refractivity contribution in [3.05, 3.63) is 0 Å². The van der Waals surface area contributed by atoms with Crippen molar-refractivity contribution in [2.75, 3.05) is 19.6 Å². The summed E-state index contributed by atoms with van der Waals surface area (Å²) in [6.07, 6.45) is 8.49. The number of hydrogen-bond donors (Lipinski definition) is 2. The molecular weight excluding hydrogens is 250 g/mol. The van der Waals surface area contributed by atoms with E-state index in [4.69, 9.17) is 0 Å². The van der Waals surface area contributed by atoms with Crippen LogP contribution in [0.3, 0.4) is 0 Å². The fourth-order valence-electron chi connectivity index (χ4n) is 3.48. The van der Waals surface area contributed by atoms with Gasteiger partial charge in [0.25, 0.3) is 0 Å². The van der Waals surface area contributed by atoms with Crippen LogP contribution in [-0.2, 0) is 4.79 Å². The second kappa shape index (κ2) is 7.99. The van der Waals surface area contributed by atoms with Crippen molar-refractivity contribution in [2.45, 2.75) is 76.9 Å². The molecule has 116 valence electrons. The molecule has 1 heterocycles.